The molecule has 1 aliphatic rings. The van der Waals surface area contributed by atoms with Crippen molar-refractivity contribution in [2.24, 2.45) is 0 Å². The van der Waals surface area contributed by atoms with Crippen molar-refractivity contribution < 1.29 is 27.5 Å². The third-order valence-corrected chi connectivity index (χ3v) is 8.90. The second-order valence-electron chi connectivity index (χ2n) is 9.79. The number of carbonyl (C=O) groups excluding carboxylic acids is 2. The van der Waals surface area contributed by atoms with E-state index in [1.807, 2.05) is 13.8 Å². The number of nitrogens with zero attached hydrogens (tertiary/aromatic N) is 2. The van der Waals surface area contributed by atoms with Gasteiger partial charge in [-0.1, -0.05) is 48.9 Å². The van der Waals surface area contributed by atoms with E-state index in [-0.39, 0.29) is 29.1 Å². The van der Waals surface area contributed by atoms with Gasteiger partial charge < -0.3 is 19.7 Å². The van der Waals surface area contributed by atoms with Crippen molar-refractivity contribution in [2.45, 2.75) is 50.7 Å². The predicted octanol–water partition coefficient (Wildman–Crippen LogP) is 4.64. The number of carbonyl (C=O) groups is 2. The summed E-state index contributed by atoms with van der Waals surface area (Å²) in [6.07, 6.45) is 0.719. The van der Waals surface area contributed by atoms with Gasteiger partial charge in [0.15, 0.2) is 11.5 Å². The topological polar surface area (TPSA) is 105 Å². The lowest BCUT2D eigenvalue weighted by Gasteiger charge is -2.32. The summed E-state index contributed by atoms with van der Waals surface area (Å²) in [5.41, 5.74) is 0.970. The van der Waals surface area contributed by atoms with E-state index in [2.05, 4.69) is 5.32 Å². The van der Waals surface area contributed by atoms with Gasteiger partial charge in [-0.05, 0) is 62.2 Å². The van der Waals surface area contributed by atoms with Gasteiger partial charge in [0, 0.05) is 23.7 Å². The van der Waals surface area contributed by atoms with Crippen molar-refractivity contribution in [1.29, 1.82) is 0 Å². The van der Waals surface area contributed by atoms with E-state index < -0.39 is 28.5 Å². The van der Waals surface area contributed by atoms with Crippen LogP contribution in [-0.2, 0) is 26.2 Å². The number of ether oxygens (including phenoxy) is 2. The lowest BCUT2D eigenvalue weighted by molar-refractivity contribution is -0.139. The van der Waals surface area contributed by atoms with E-state index in [1.54, 1.807) is 67.6 Å². The zero-order valence-electron chi connectivity index (χ0n) is 23.2. The Kier molecular flexibility index (Phi) is 9.77. The number of hydrogen-bond acceptors (Lipinski definition) is 6. The molecular formula is C30H34ClN3O6S. The number of hydrogen-bond donors (Lipinski definition) is 1. The summed E-state index contributed by atoms with van der Waals surface area (Å²) in [5, 5.41) is 3.45. The quantitative estimate of drug-likeness (QED) is 0.344. The van der Waals surface area contributed by atoms with Crippen molar-refractivity contribution in [2.75, 3.05) is 24.1 Å². The summed E-state index contributed by atoms with van der Waals surface area (Å²) in [7, 11) is -4.19. The van der Waals surface area contributed by atoms with Crippen LogP contribution in [0.1, 0.15) is 32.8 Å². The van der Waals surface area contributed by atoms with Crippen molar-refractivity contribution in [1.82, 2.24) is 10.2 Å². The molecule has 11 heteroatoms. The van der Waals surface area contributed by atoms with Crippen molar-refractivity contribution in [3.05, 3.63) is 83.4 Å². The zero-order valence-corrected chi connectivity index (χ0v) is 24.8. The summed E-state index contributed by atoms with van der Waals surface area (Å²) in [6, 6.07) is 18.6. The number of nitrogens with one attached hydrogen (secondary N) is 1. The minimum absolute atomic E-state index is 0.0227. The molecule has 0 fully saturated rings. The smallest absolute Gasteiger partial charge is 0.264 e. The van der Waals surface area contributed by atoms with Crippen LogP contribution in [0.15, 0.2) is 77.7 Å². The maximum absolute atomic E-state index is 14.0. The van der Waals surface area contributed by atoms with E-state index in [1.165, 1.54) is 17.0 Å². The summed E-state index contributed by atoms with van der Waals surface area (Å²) in [6.45, 7) is 5.69. The summed E-state index contributed by atoms with van der Waals surface area (Å²) < 4.78 is 40.2. The number of fused-ring (bicyclic) bond motifs is 1. The first-order chi connectivity index (χ1) is 19.6. The fourth-order valence-corrected chi connectivity index (χ4v) is 5.82. The van der Waals surface area contributed by atoms with Gasteiger partial charge in [-0.3, -0.25) is 13.9 Å². The van der Waals surface area contributed by atoms with Gasteiger partial charge in [-0.25, -0.2) is 8.42 Å². The van der Waals surface area contributed by atoms with Gasteiger partial charge in [-0.2, -0.15) is 0 Å². The summed E-state index contributed by atoms with van der Waals surface area (Å²) in [5.74, 6) is -0.0172. The summed E-state index contributed by atoms with van der Waals surface area (Å²) >= 11 is 6.06. The molecule has 0 spiro atoms. The van der Waals surface area contributed by atoms with Gasteiger partial charge in [0.05, 0.1) is 10.6 Å². The molecule has 0 aliphatic carbocycles. The molecule has 4 rings (SSSR count). The van der Waals surface area contributed by atoms with Gasteiger partial charge in [0.2, 0.25) is 11.8 Å². The molecule has 3 aromatic carbocycles. The molecule has 2 amide bonds. The van der Waals surface area contributed by atoms with Gasteiger partial charge in [0.1, 0.15) is 25.8 Å². The van der Waals surface area contributed by atoms with Crippen molar-refractivity contribution in [3.63, 3.8) is 0 Å². The van der Waals surface area contributed by atoms with Crippen LogP contribution in [0.2, 0.25) is 5.02 Å². The highest BCUT2D eigenvalue weighted by atomic mass is 35.5. The highest BCUT2D eigenvalue weighted by Gasteiger charge is 2.33. The van der Waals surface area contributed by atoms with Crippen LogP contribution in [0.25, 0.3) is 0 Å². The average Bonchev–Trinajstić information content (AvgIpc) is 2.99. The SMILES string of the molecule is CCC(C)NC(=O)C(C)N(Cc1ccc(Cl)cc1)C(=O)CN(c1ccc2c(c1)OCCO2)S(=O)(=O)c1ccccc1. The Balaban J connectivity index is 1.72. The maximum atomic E-state index is 14.0. The molecule has 0 radical (unpaired) electrons. The van der Waals surface area contributed by atoms with Crippen LogP contribution in [-0.4, -0.2) is 57.0 Å². The minimum Gasteiger partial charge on any atom is -0.486 e. The van der Waals surface area contributed by atoms with E-state index in [0.29, 0.717) is 29.7 Å². The van der Waals surface area contributed by atoms with Crippen molar-refractivity contribution in [3.8, 4) is 11.5 Å². The number of rotatable bonds is 11. The first kappa shape index (κ1) is 30.2. The Hall–Kier alpha value is -3.76. The fourth-order valence-electron chi connectivity index (χ4n) is 4.27. The molecule has 2 atom stereocenters. The predicted molar refractivity (Wildman–Crippen MR) is 158 cm³/mol. The highest BCUT2D eigenvalue weighted by Crippen LogP contribution is 2.36. The standard InChI is InChI=1S/C30H34ClN3O6S/c1-4-21(2)32-30(36)22(3)33(19-23-10-12-24(31)13-11-23)29(35)20-34(41(37,38)26-8-6-5-7-9-26)25-14-15-27-28(18-25)40-17-16-39-27/h5-15,18,21-22H,4,16-17,19-20H2,1-3H3,(H,32,36). The fraction of sp³-hybridized carbons (Fsp3) is 0.333. The zero-order chi connectivity index (χ0) is 29.6. The third-order valence-electron chi connectivity index (χ3n) is 6.86. The van der Waals surface area contributed by atoms with Crippen LogP contribution < -0.4 is 19.1 Å². The first-order valence-electron chi connectivity index (χ1n) is 13.4. The van der Waals surface area contributed by atoms with E-state index in [9.17, 15) is 18.0 Å². The lowest BCUT2D eigenvalue weighted by Crippen LogP contribution is -2.52. The second kappa shape index (κ2) is 13.3. The van der Waals surface area contributed by atoms with Gasteiger partial charge in [-0.15, -0.1) is 0 Å². The molecule has 1 heterocycles. The van der Waals surface area contributed by atoms with E-state index >= 15 is 0 Å². The number of halogens is 1. The van der Waals surface area contributed by atoms with E-state index in [4.69, 9.17) is 21.1 Å². The molecule has 3 aromatic rings. The number of sulfonamides is 1. The molecule has 218 valence electrons. The first-order valence-corrected chi connectivity index (χ1v) is 15.2. The Morgan fingerprint density at radius 3 is 2.27 bits per heavy atom. The van der Waals surface area contributed by atoms with Crippen LogP contribution in [0, 0.1) is 0 Å². The molecule has 0 saturated carbocycles. The molecule has 2 unspecified atom stereocenters. The van der Waals surface area contributed by atoms with Crippen LogP contribution in [0.4, 0.5) is 5.69 Å². The second-order valence-corrected chi connectivity index (χ2v) is 12.1. The summed E-state index contributed by atoms with van der Waals surface area (Å²) in [4.78, 5) is 28.6. The molecule has 1 N–H and O–H groups in total. The number of anilines is 1. The number of benzene rings is 3. The highest BCUT2D eigenvalue weighted by molar-refractivity contribution is 7.92. The van der Waals surface area contributed by atoms with Gasteiger partial charge >= 0.3 is 0 Å². The molecule has 0 saturated heterocycles. The molecule has 0 aromatic heterocycles. The Labute approximate surface area is 246 Å². The largest absolute Gasteiger partial charge is 0.486 e. The van der Waals surface area contributed by atoms with Crippen molar-refractivity contribution >= 4 is 39.1 Å². The van der Waals surface area contributed by atoms with E-state index in [0.717, 1.165) is 16.3 Å². The molecule has 0 bridgehead atoms. The molecular weight excluding hydrogens is 566 g/mol. The molecule has 41 heavy (non-hydrogen) atoms. The normalized spacial score (nSPS) is 14.0. The molecule has 1 aliphatic heterocycles. The third kappa shape index (κ3) is 7.31. The monoisotopic (exact) mass is 599 g/mol. The Morgan fingerprint density at radius 2 is 1.61 bits per heavy atom. The Morgan fingerprint density at radius 1 is 0.951 bits per heavy atom. The minimum atomic E-state index is -4.19. The maximum Gasteiger partial charge on any atom is 0.264 e. The van der Waals surface area contributed by atoms with Gasteiger partial charge in [0.25, 0.3) is 10.0 Å². The lowest BCUT2D eigenvalue weighted by atomic mass is 10.1. The Bertz CT molecular complexity index is 1470. The van der Waals surface area contributed by atoms with Crippen LogP contribution >= 0.6 is 11.6 Å². The molecule has 9 nitrogen and oxygen atoms in total. The van der Waals surface area contributed by atoms with Crippen LogP contribution in [0.3, 0.4) is 0 Å². The van der Waals surface area contributed by atoms with Crippen LogP contribution in [0.5, 0.6) is 11.5 Å². The average molecular weight is 600 g/mol. The number of amides is 2.